The van der Waals surface area contributed by atoms with Crippen LogP contribution in [0.25, 0.3) is 0 Å². The first-order valence-electron chi connectivity index (χ1n) is 19.4. The Balaban J connectivity index is 3.89. The van der Waals surface area contributed by atoms with Crippen LogP contribution in [0.1, 0.15) is 104 Å². The third-order valence-corrected chi connectivity index (χ3v) is 8.93. The van der Waals surface area contributed by atoms with Gasteiger partial charge in [0.15, 0.2) is 0 Å². The molecule has 0 heterocycles. The van der Waals surface area contributed by atoms with Crippen LogP contribution in [-0.2, 0) is 54.4 Å². The molecule has 0 bridgehead atoms. The number of carbonyl (C=O) groups excluding carboxylic acids is 7. The van der Waals surface area contributed by atoms with Gasteiger partial charge in [-0.1, -0.05) is 64.8 Å². The van der Waals surface area contributed by atoms with Crippen LogP contribution in [0.5, 0.6) is 0 Å². The van der Waals surface area contributed by atoms with E-state index >= 15 is 0 Å². The molecule has 0 aliphatic heterocycles. The highest BCUT2D eigenvalue weighted by atomic mass is 16.4. The Morgan fingerprint density at radius 1 is 0.800 bits per heavy atom. The molecule has 60 heavy (non-hydrogen) atoms. The summed E-state index contributed by atoms with van der Waals surface area (Å²) in [5.41, 5.74) is 5.51. The van der Waals surface area contributed by atoms with Crippen molar-refractivity contribution in [2.75, 3.05) is 0 Å². The summed E-state index contributed by atoms with van der Waals surface area (Å²) in [6, 6.07) is 1.19. The number of nitrogens with one attached hydrogen (secondary N) is 4. The number of carboxylic acid groups (broad SMARTS) is 3. The summed E-state index contributed by atoms with van der Waals surface area (Å²) in [4.78, 5) is 129. The topological polar surface area (TPSA) is 309 Å². The van der Waals surface area contributed by atoms with E-state index < -0.39 is 121 Å². The lowest BCUT2D eigenvalue weighted by molar-refractivity contribution is -0.159. The summed E-state index contributed by atoms with van der Waals surface area (Å²) >= 11 is 0. The average molecular weight is 843 g/mol. The number of unbranched alkanes of at least 4 members (excludes halogenated alkanes) is 2. The molecular weight excluding hydrogens is 784 g/mol. The van der Waals surface area contributed by atoms with E-state index in [9.17, 15) is 58.2 Å². The van der Waals surface area contributed by atoms with Gasteiger partial charge in [-0.05, 0) is 48.6 Å². The van der Waals surface area contributed by atoms with Crippen molar-refractivity contribution in [3.63, 3.8) is 0 Å². The van der Waals surface area contributed by atoms with E-state index in [2.05, 4.69) is 33.2 Å². The SMILES string of the molecule is Cc1ccccc1C[C@H](NC(=O)[C@H](CCC(=O)O)NC(=O)[C@@H](N)CC(=O)O)C(=O)N(C(=O)CCC(=O)O)[C@H](C(=O)N[C@@H](CC(C)C)C(=O)NC#CCCCC=O)C(C)(C)C. The molecule has 0 spiro atoms. The van der Waals surface area contributed by atoms with Crippen molar-refractivity contribution in [2.24, 2.45) is 17.1 Å². The molecule has 0 saturated carbocycles. The zero-order valence-corrected chi connectivity index (χ0v) is 34.9. The summed E-state index contributed by atoms with van der Waals surface area (Å²) in [6.07, 6.45) is -1.96. The molecule has 1 rings (SSSR count). The molecule has 1 aromatic carbocycles. The Bertz CT molecular complexity index is 1800. The molecule has 0 aliphatic carbocycles. The zero-order valence-electron chi connectivity index (χ0n) is 34.9. The lowest BCUT2D eigenvalue weighted by Gasteiger charge is -2.40. The summed E-state index contributed by atoms with van der Waals surface area (Å²) < 4.78 is 0. The number of amides is 6. The van der Waals surface area contributed by atoms with E-state index in [1.807, 2.05) is 0 Å². The molecule has 0 aliphatic rings. The molecule has 1 aromatic rings. The van der Waals surface area contributed by atoms with Crippen LogP contribution in [0.4, 0.5) is 0 Å². The molecule has 19 heteroatoms. The summed E-state index contributed by atoms with van der Waals surface area (Å²) in [5.74, 6) is -7.80. The van der Waals surface area contributed by atoms with Crippen LogP contribution >= 0.6 is 0 Å². The smallest absolute Gasteiger partial charge is 0.305 e. The Morgan fingerprint density at radius 2 is 1.40 bits per heavy atom. The highest BCUT2D eigenvalue weighted by Crippen LogP contribution is 2.28. The number of nitrogens with zero attached hydrogens (tertiary/aromatic N) is 1. The van der Waals surface area contributed by atoms with Crippen LogP contribution in [-0.4, -0.2) is 110 Å². The van der Waals surface area contributed by atoms with Gasteiger partial charge in [0.05, 0.1) is 18.9 Å². The van der Waals surface area contributed by atoms with Crippen molar-refractivity contribution < 1.29 is 63.3 Å². The standard InChI is InChI=1S/C41H58N6O13/c1-24(2)21-29(37(57)43-19-11-7-8-12-20-48)45-39(59)35(41(4,5)6)47(31(49)16-18-33(52)53)40(60)30(22-26-14-10-9-13-25(26)3)46-38(58)28(15-17-32(50)51)44-36(56)27(42)23-34(54)55/h9-10,13-14,20,24,27-30,35H,7-8,12,15-18,21-23,42H2,1-6H3,(H,43,57)(H,44,56)(H,45,59)(H,46,58)(H,50,51)(H,52,53)(H,54,55)/t27-,28-,29-,30-,35+/m0/s1. The first-order valence-corrected chi connectivity index (χ1v) is 19.4. The fourth-order valence-corrected chi connectivity index (χ4v) is 5.90. The predicted octanol–water partition coefficient (Wildman–Crippen LogP) is 0.786. The van der Waals surface area contributed by atoms with E-state index in [4.69, 9.17) is 10.8 Å². The van der Waals surface area contributed by atoms with Crippen molar-refractivity contribution in [1.29, 1.82) is 0 Å². The average Bonchev–Trinajstić information content (AvgIpc) is 3.14. The number of aryl methyl sites for hydroxylation is 1. The second-order valence-corrected chi connectivity index (χ2v) is 15.7. The molecule has 0 fully saturated rings. The summed E-state index contributed by atoms with van der Waals surface area (Å²) in [5, 5.41) is 37.7. The highest BCUT2D eigenvalue weighted by molar-refractivity contribution is 6.05. The number of hydrogen-bond acceptors (Lipinski definition) is 11. The molecule has 5 atom stereocenters. The van der Waals surface area contributed by atoms with Crippen molar-refractivity contribution in [1.82, 2.24) is 26.2 Å². The van der Waals surface area contributed by atoms with Gasteiger partial charge in [-0.2, -0.15) is 0 Å². The van der Waals surface area contributed by atoms with Gasteiger partial charge in [-0.15, -0.1) is 0 Å². The van der Waals surface area contributed by atoms with Gasteiger partial charge >= 0.3 is 17.9 Å². The van der Waals surface area contributed by atoms with Crippen LogP contribution < -0.4 is 27.0 Å². The van der Waals surface area contributed by atoms with E-state index in [-0.39, 0.29) is 25.2 Å². The molecule has 0 radical (unpaired) electrons. The molecule has 0 unspecified atom stereocenters. The fraction of sp³-hybridized carbons (Fsp3) is 0.561. The number of aliphatic carboxylic acids is 3. The molecule has 9 N–H and O–H groups in total. The van der Waals surface area contributed by atoms with Crippen LogP contribution in [0.15, 0.2) is 24.3 Å². The van der Waals surface area contributed by atoms with Crippen LogP contribution in [0.2, 0.25) is 0 Å². The van der Waals surface area contributed by atoms with Gasteiger partial charge in [0.25, 0.3) is 11.8 Å². The maximum atomic E-state index is 14.9. The number of carbonyl (C=O) groups is 10. The fourth-order valence-electron chi connectivity index (χ4n) is 5.90. The van der Waals surface area contributed by atoms with Crippen molar-refractivity contribution >= 4 is 59.6 Å². The second kappa shape index (κ2) is 25.4. The third kappa shape index (κ3) is 18.6. The molecule has 0 saturated heterocycles. The molecule has 6 amide bonds. The second-order valence-electron chi connectivity index (χ2n) is 15.7. The Hall–Kier alpha value is -6.16. The first kappa shape index (κ1) is 51.9. The summed E-state index contributed by atoms with van der Waals surface area (Å²) in [7, 11) is 0. The molecular formula is C41H58N6O13. The van der Waals surface area contributed by atoms with E-state index in [1.54, 1.807) is 45.0 Å². The minimum atomic E-state index is -1.73. The van der Waals surface area contributed by atoms with Gasteiger partial charge in [-0.25, -0.2) is 0 Å². The maximum Gasteiger partial charge on any atom is 0.305 e. The number of carboxylic acids is 3. The van der Waals surface area contributed by atoms with Gasteiger partial charge < -0.3 is 41.8 Å². The zero-order chi connectivity index (χ0) is 45.7. The minimum absolute atomic E-state index is 0.0910. The third-order valence-electron chi connectivity index (χ3n) is 8.93. The lowest BCUT2D eigenvalue weighted by atomic mass is 9.83. The molecule has 330 valence electrons. The number of imide groups is 1. The quantitative estimate of drug-likeness (QED) is 0.0309. The maximum absolute atomic E-state index is 14.9. The Kier molecular flexibility index (Phi) is 21.9. The predicted molar refractivity (Wildman–Crippen MR) is 215 cm³/mol. The largest absolute Gasteiger partial charge is 0.481 e. The van der Waals surface area contributed by atoms with E-state index in [0.717, 1.165) is 6.29 Å². The lowest BCUT2D eigenvalue weighted by Crippen LogP contribution is -2.64. The van der Waals surface area contributed by atoms with Crippen molar-refractivity contribution in [2.45, 2.75) is 136 Å². The first-order chi connectivity index (χ1) is 28.0. The number of hydrogen-bond donors (Lipinski definition) is 8. The number of nitrogens with two attached hydrogens (primary N) is 1. The normalized spacial score (nSPS) is 13.5. The summed E-state index contributed by atoms with van der Waals surface area (Å²) in [6.45, 7) is 9.85. The Labute approximate surface area is 349 Å². The van der Waals surface area contributed by atoms with Gasteiger partial charge in [-0.3, -0.25) is 53.4 Å². The van der Waals surface area contributed by atoms with Gasteiger partial charge in [0.1, 0.15) is 30.5 Å². The van der Waals surface area contributed by atoms with Crippen LogP contribution in [0.3, 0.4) is 0 Å². The monoisotopic (exact) mass is 842 g/mol. The number of rotatable bonds is 24. The molecule has 0 aromatic heterocycles. The van der Waals surface area contributed by atoms with E-state index in [0.29, 0.717) is 28.9 Å². The van der Waals surface area contributed by atoms with Crippen molar-refractivity contribution in [3.8, 4) is 12.0 Å². The minimum Gasteiger partial charge on any atom is -0.481 e. The number of benzene rings is 1. The van der Waals surface area contributed by atoms with Gasteiger partial charge in [0.2, 0.25) is 23.6 Å². The molecule has 19 nitrogen and oxygen atoms in total. The van der Waals surface area contributed by atoms with Crippen molar-refractivity contribution in [3.05, 3.63) is 35.4 Å². The van der Waals surface area contributed by atoms with Gasteiger partial charge in [0, 0.05) is 38.1 Å². The Morgan fingerprint density at radius 3 is 1.95 bits per heavy atom. The van der Waals surface area contributed by atoms with Crippen LogP contribution in [0, 0.1) is 30.2 Å². The van der Waals surface area contributed by atoms with E-state index in [1.165, 1.54) is 20.8 Å². The number of aldehydes is 1. The highest BCUT2D eigenvalue weighted by Gasteiger charge is 2.46.